The number of alkyl halides is 6. The van der Waals surface area contributed by atoms with Crippen LogP contribution in [-0.2, 0) is 28.7 Å². The Balaban J connectivity index is 1.69. The van der Waals surface area contributed by atoms with Crippen LogP contribution in [-0.4, -0.2) is 86.6 Å². The fraction of sp³-hybridized carbons (Fsp3) is 0.568. The molecule has 56 heavy (non-hydrogen) atoms. The van der Waals surface area contributed by atoms with Crippen LogP contribution in [0.5, 0.6) is 0 Å². The van der Waals surface area contributed by atoms with Gasteiger partial charge >= 0.3 is 18.2 Å². The largest absolute Gasteiger partial charge is 0.460 e. The predicted molar refractivity (Wildman–Crippen MR) is 206 cm³/mol. The zero-order chi connectivity index (χ0) is 42.4. The number of aromatic nitrogens is 1. The van der Waals surface area contributed by atoms with E-state index in [0.29, 0.717) is 23.8 Å². The van der Waals surface area contributed by atoms with Gasteiger partial charge in [-0.2, -0.15) is 13.2 Å². The van der Waals surface area contributed by atoms with Crippen molar-refractivity contribution < 1.29 is 46.6 Å². The standard InChI is InChI=1S/C37H48Cl3F3N6O7/c1-20(2)27(29(50)44-21(3)30(51)49-17-9-10-25(48-49)31(52)55-19-36(38,39)40)46-32(53)35(7,8)16-15-22-11-12-23-13-14-24(45-26(23)18-22)28(37(41,42)43)47-33(54)56-34(4,5)6/h11-16,18,20-21,25,27-28,48H,9-10,17,19H2,1-8H3,(H,44,50)(H,46,53)(H,47,54)/b16-15+/t21-,25-,27-,28-/m0/s1. The van der Waals surface area contributed by atoms with Crippen molar-refractivity contribution in [3.05, 3.63) is 47.7 Å². The quantitative estimate of drug-likeness (QED) is 0.139. The molecule has 4 amide bonds. The molecule has 1 fully saturated rings. The first-order valence-corrected chi connectivity index (χ1v) is 18.9. The van der Waals surface area contributed by atoms with E-state index in [0.717, 1.165) is 0 Å². The van der Waals surface area contributed by atoms with Crippen LogP contribution in [0.4, 0.5) is 18.0 Å². The number of benzene rings is 1. The molecule has 1 aromatic carbocycles. The first-order valence-electron chi connectivity index (χ1n) is 17.8. The van der Waals surface area contributed by atoms with E-state index in [1.807, 2.05) is 5.32 Å². The van der Waals surface area contributed by atoms with Crippen LogP contribution in [0.15, 0.2) is 36.4 Å². The minimum Gasteiger partial charge on any atom is -0.460 e. The Bertz CT molecular complexity index is 1800. The first kappa shape index (κ1) is 46.5. The lowest BCUT2D eigenvalue weighted by Gasteiger charge is -2.35. The first-order chi connectivity index (χ1) is 25.7. The fourth-order valence-corrected chi connectivity index (χ4v) is 5.54. The zero-order valence-corrected chi connectivity index (χ0v) is 34.5. The van der Waals surface area contributed by atoms with Crippen molar-refractivity contribution in [3.8, 4) is 0 Å². The van der Waals surface area contributed by atoms with Gasteiger partial charge in [0.1, 0.15) is 30.3 Å². The Labute approximate surface area is 338 Å². The second-order valence-corrected chi connectivity index (χ2v) is 17.8. The number of fused-ring (bicyclic) bond motifs is 1. The van der Waals surface area contributed by atoms with E-state index >= 15 is 0 Å². The van der Waals surface area contributed by atoms with Crippen LogP contribution in [0.1, 0.15) is 85.5 Å². The summed E-state index contributed by atoms with van der Waals surface area (Å²) in [6.45, 7) is 12.5. The molecule has 2 aromatic rings. The molecule has 0 bridgehead atoms. The molecule has 1 aromatic heterocycles. The van der Waals surface area contributed by atoms with Crippen molar-refractivity contribution in [2.45, 2.75) is 108 Å². The molecule has 1 aliphatic heterocycles. The topological polar surface area (TPSA) is 168 Å². The Morgan fingerprint density at radius 3 is 2.21 bits per heavy atom. The molecule has 4 atom stereocenters. The molecular weight excluding hydrogens is 804 g/mol. The van der Waals surface area contributed by atoms with Crippen molar-refractivity contribution in [2.24, 2.45) is 11.3 Å². The second-order valence-electron chi connectivity index (χ2n) is 15.3. The summed E-state index contributed by atoms with van der Waals surface area (Å²) in [5.74, 6) is -2.76. The van der Waals surface area contributed by atoms with E-state index in [2.05, 4.69) is 21.0 Å². The molecule has 0 radical (unpaired) electrons. The van der Waals surface area contributed by atoms with Gasteiger partial charge in [-0.1, -0.05) is 79.0 Å². The predicted octanol–water partition coefficient (Wildman–Crippen LogP) is 6.46. The summed E-state index contributed by atoms with van der Waals surface area (Å²) < 4.78 is 50.3. The van der Waals surface area contributed by atoms with E-state index < -0.39 is 93.2 Å². The minimum atomic E-state index is -4.87. The molecule has 2 heterocycles. The van der Waals surface area contributed by atoms with Gasteiger partial charge in [0.25, 0.3) is 5.91 Å². The van der Waals surface area contributed by atoms with Gasteiger partial charge in [-0.25, -0.2) is 10.2 Å². The monoisotopic (exact) mass is 850 g/mol. The lowest BCUT2D eigenvalue weighted by Crippen LogP contribution is -2.61. The number of amides is 4. The molecule has 1 aliphatic rings. The summed E-state index contributed by atoms with van der Waals surface area (Å²) in [5.41, 5.74) is 0.877. The van der Waals surface area contributed by atoms with E-state index in [4.69, 9.17) is 44.3 Å². The van der Waals surface area contributed by atoms with E-state index in [9.17, 15) is 37.1 Å². The number of hydrogen-bond donors (Lipinski definition) is 4. The van der Waals surface area contributed by atoms with Crippen LogP contribution >= 0.6 is 34.8 Å². The molecule has 0 spiro atoms. The van der Waals surface area contributed by atoms with Gasteiger partial charge in [-0.15, -0.1) is 0 Å². The van der Waals surface area contributed by atoms with Crippen LogP contribution in [0, 0.1) is 11.3 Å². The van der Waals surface area contributed by atoms with Crippen LogP contribution in [0.25, 0.3) is 17.0 Å². The molecular formula is C37H48Cl3F3N6O7. The summed E-state index contributed by atoms with van der Waals surface area (Å²) in [6, 6.07) is 2.14. The SMILES string of the molecule is CC(C)[C@H](NC(=O)C(C)(C)/C=C/c1ccc2ccc([C@H](NC(=O)OC(C)(C)C)C(F)(F)F)nc2c1)C(=O)N[C@@H](C)C(=O)N1CCC[C@@H](C(=O)OCC(Cl)(Cl)Cl)N1. The maximum atomic E-state index is 14.0. The normalized spacial score (nSPS) is 17.3. The van der Waals surface area contributed by atoms with Gasteiger partial charge in [0.15, 0.2) is 6.04 Å². The van der Waals surface area contributed by atoms with Gasteiger partial charge in [0.05, 0.1) is 16.6 Å². The maximum absolute atomic E-state index is 14.0. The summed E-state index contributed by atoms with van der Waals surface area (Å²) in [5, 5.41) is 9.01. The summed E-state index contributed by atoms with van der Waals surface area (Å²) in [4.78, 5) is 69.0. The lowest BCUT2D eigenvalue weighted by atomic mass is 9.89. The zero-order valence-electron chi connectivity index (χ0n) is 32.3. The van der Waals surface area contributed by atoms with Gasteiger partial charge in [-0.05, 0) is 78.0 Å². The summed E-state index contributed by atoms with van der Waals surface area (Å²) >= 11 is 17.0. The molecule has 4 N–H and O–H groups in total. The molecule has 19 heteroatoms. The Hall–Kier alpha value is -3.86. The Kier molecular flexibility index (Phi) is 15.5. The van der Waals surface area contributed by atoms with Gasteiger partial charge in [-0.3, -0.25) is 29.2 Å². The highest BCUT2D eigenvalue weighted by Gasteiger charge is 2.44. The van der Waals surface area contributed by atoms with Crippen LogP contribution < -0.4 is 21.4 Å². The van der Waals surface area contributed by atoms with Crippen molar-refractivity contribution in [2.75, 3.05) is 13.2 Å². The number of nitrogens with zero attached hydrogens (tertiary/aromatic N) is 2. The van der Waals surface area contributed by atoms with Crippen molar-refractivity contribution in [1.82, 2.24) is 31.4 Å². The molecule has 0 aliphatic carbocycles. The average Bonchev–Trinajstić information content (AvgIpc) is 3.08. The average molecular weight is 852 g/mol. The van der Waals surface area contributed by atoms with Gasteiger partial charge < -0.3 is 25.4 Å². The Morgan fingerprint density at radius 1 is 0.982 bits per heavy atom. The van der Waals surface area contributed by atoms with E-state index in [1.54, 1.807) is 58.0 Å². The molecule has 13 nitrogen and oxygen atoms in total. The third-order valence-electron chi connectivity index (χ3n) is 8.38. The maximum Gasteiger partial charge on any atom is 0.414 e. The summed E-state index contributed by atoms with van der Waals surface area (Å²) in [7, 11) is 0. The third-order valence-corrected chi connectivity index (χ3v) is 8.71. The third kappa shape index (κ3) is 14.0. The molecule has 0 saturated carbocycles. The number of pyridine rings is 1. The number of halogens is 6. The number of carbonyl (C=O) groups is 5. The van der Waals surface area contributed by atoms with Crippen LogP contribution in [0.2, 0.25) is 0 Å². The number of hydrogen-bond acceptors (Lipinski definition) is 9. The van der Waals surface area contributed by atoms with Gasteiger partial charge in [0.2, 0.25) is 15.6 Å². The minimum absolute atomic E-state index is 0.211. The number of carbonyl (C=O) groups excluding carboxylic acids is 5. The molecule has 310 valence electrons. The van der Waals surface area contributed by atoms with Crippen molar-refractivity contribution >= 4 is 81.6 Å². The highest BCUT2D eigenvalue weighted by atomic mass is 35.6. The number of rotatable bonds is 12. The van der Waals surface area contributed by atoms with E-state index in [-0.39, 0.29) is 12.1 Å². The Morgan fingerprint density at radius 2 is 1.62 bits per heavy atom. The number of esters is 1. The van der Waals surface area contributed by atoms with Crippen LogP contribution in [0.3, 0.4) is 0 Å². The number of nitrogens with one attached hydrogen (secondary N) is 4. The second kappa shape index (κ2) is 18.6. The number of hydrazine groups is 1. The highest BCUT2D eigenvalue weighted by Crippen LogP contribution is 2.33. The smallest absolute Gasteiger partial charge is 0.414 e. The number of ether oxygens (including phenoxy) is 2. The van der Waals surface area contributed by atoms with Gasteiger partial charge in [0, 0.05) is 11.9 Å². The molecule has 1 saturated heterocycles. The lowest BCUT2D eigenvalue weighted by molar-refractivity contribution is -0.157. The summed E-state index contributed by atoms with van der Waals surface area (Å²) in [6.07, 6.45) is -2.11. The highest BCUT2D eigenvalue weighted by molar-refractivity contribution is 6.67. The molecule has 0 unspecified atom stereocenters. The fourth-order valence-electron chi connectivity index (χ4n) is 5.37. The van der Waals surface area contributed by atoms with Crippen molar-refractivity contribution in [3.63, 3.8) is 0 Å². The van der Waals surface area contributed by atoms with E-state index in [1.165, 1.54) is 44.8 Å². The molecule has 3 rings (SSSR count). The van der Waals surface area contributed by atoms with Crippen molar-refractivity contribution in [1.29, 1.82) is 0 Å². The number of alkyl carbamates (subject to hydrolysis) is 1.